The monoisotopic (exact) mass is 263 g/mol. The van der Waals surface area contributed by atoms with E-state index in [9.17, 15) is 0 Å². The summed E-state index contributed by atoms with van der Waals surface area (Å²) in [6, 6.07) is 6.20. The molecule has 0 unspecified atom stereocenters. The van der Waals surface area contributed by atoms with Crippen LogP contribution in [0.4, 0.5) is 0 Å². The molecular weight excluding hydrogens is 254 g/mol. The van der Waals surface area contributed by atoms with E-state index in [4.69, 9.17) is 0 Å². The van der Waals surface area contributed by atoms with Crippen molar-refractivity contribution in [2.75, 3.05) is 13.1 Å². The van der Waals surface area contributed by atoms with Crippen LogP contribution in [0.25, 0.3) is 5.82 Å². The zero-order valence-corrected chi connectivity index (χ0v) is 9.66. The molecule has 76 valence electrons. The van der Waals surface area contributed by atoms with Gasteiger partial charge < -0.3 is 10.2 Å². The zero-order valence-electron chi connectivity index (χ0n) is 8.07. The minimum atomic E-state index is 0.832. The Bertz CT molecular complexity index is 547. The summed E-state index contributed by atoms with van der Waals surface area (Å²) in [6.07, 6.45) is 4.02. The summed E-state index contributed by atoms with van der Waals surface area (Å²) in [5, 5.41) is 5.48. The van der Waals surface area contributed by atoms with E-state index in [1.54, 1.807) is 0 Å². The highest BCUT2D eigenvalue weighted by molar-refractivity contribution is 9.10. The maximum atomic E-state index is 4.56. The number of fused-ring (bicyclic) bond motifs is 2. The smallest absolute Gasteiger partial charge is 0.119 e. The molecule has 2 aliphatic heterocycles. The van der Waals surface area contributed by atoms with E-state index in [0.717, 1.165) is 28.7 Å². The van der Waals surface area contributed by atoms with E-state index in [1.807, 2.05) is 12.3 Å². The van der Waals surface area contributed by atoms with Crippen molar-refractivity contribution in [3.63, 3.8) is 0 Å². The van der Waals surface area contributed by atoms with Crippen molar-refractivity contribution >= 4 is 21.8 Å². The summed E-state index contributed by atoms with van der Waals surface area (Å²) in [6.45, 7) is 1.77. The summed E-state index contributed by atoms with van der Waals surface area (Å²) >= 11 is 3.47. The molecule has 0 fully saturated rings. The highest BCUT2D eigenvalue weighted by Gasteiger charge is 2.14. The first kappa shape index (κ1) is 8.97. The second-order valence-electron chi connectivity index (χ2n) is 3.55. The number of halogens is 1. The van der Waals surface area contributed by atoms with Gasteiger partial charge in [0.2, 0.25) is 0 Å². The van der Waals surface area contributed by atoms with Gasteiger partial charge in [0, 0.05) is 28.6 Å². The summed E-state index contributed by atoms with van der Waals surface area (Å²) < 4.78 is 1.07. The van der Waals surface area contributed by atoms with Crippen LogP contribution in [0.1, 0.15) is 0 Å². The fourth-order valence-electron chi connectivity index (χ4n) is 1.90. The largest absolute Gasteiger partial charge is 0.346 e. The molecule has 0 bridgehead atoms. The Balaban J connectivity index is 2.36. The molecule has 0 radical (unpaired) electrons. The minimum absolute atomic E-state index is 0.832. The third-order valence-corrected chi connectivity index (χ3v) is 3.09. The Labute approximate surface area is 95.9 Å². The second kappa shape index (κ2) is 3.38. The molecule has 3 nitrogen and oxygen atoms in total. The Hall–Kier alpha value is -1.29. The molecule has 3 rings (SSSR count). The van der Waals surface area contributed by atoms with Crippen molar-refractivity contribution in [3.05, 3.63) is 45.6 Å². The van der Waals surface area contributed by atoms with Crippen LogP contribution in [0.2, 0.25) is 0 Å². The zero-order chi connectivity index (χ0) is 10.3. The average Bonchev–Trinajstić information content (AvgIpc) is 2.61. The van der Waals surface area contributed by atoms with Crippen molar-refractivity contribution in [2.45, 2.75) is 0 Å². The van der Waals surface area contributed by atoms with Crippen LogP contribution in [-0.4, -0.2) is 18.0 Å². The van der Waals surface area contributed by atoms with E-state index in [1.165, 1.54) is 5.22 Å². The first-order chi connectivity index (χ1) is 7.34. The van der Waals surface area contributed by atoms with Gasteiger partial charge in [0.05, 0.1) is 11.9 Å². The molecule has 1 aromatic rings. The molecule has 0 amide bonds. The van der Waals surface area contributed by atoms with Gasteiger partial charge >= 0.3 is 0 Å². The molecule has 4 heteroatoms. The fraction of sp³-hybridized carbons (Fsp3) is 0.182. The fourth-order valence-corrected chi connectivity index (χ4v) is 2.25. The summed E-state index contributed by atoms with van der Waals surface area (Å²) in [4.78, 5) is 6.76. The van der Waals surface area contributed by atoms with Gasteiger partial charge in [-0.2, -0.15) is 0 Å². The molecule has 0 saturated carbocycles. The number of hydrogen-bond acceptors (Lipinski definition) is 3. The van der Waals surface area contributed by atoms with Gasteiger partial charge in [0.15, 0.2) is 0 Å². The normalized spacial score (nSPS) is 17.7. The second-order valence-corrected chi connectivity index (χ2v) is 4.46. The van der Waals surface area contributed by atoms with Gasteiger partial charge in [0.1, 0.15) is 5.82 Å². The highest BCUT2D eigenvalue weighted by atomic mass is 79.9. The molecule has 2 aliphatic rings. The lowest BCUT2D eigenvalue weighted by molar-refractivity contribution is 0.542. The van der Waals surface area contributed by atoms with Gasteiger partial charge in [-0.15, -0.1) is 0 Å². The molecule has 1 N–H and O–H groups in total. The van der Waals surface area contributed by atoms with Crippen molar-refractivity contribution in [3.8, 4) is 0 Å². The molecule has 0 atom stereocenters. The SMILES string of the molecule is Brc1ccc2c(c1)=NCCN1C=CNC=21. The van der Waals surface area contributed by atoms with E-state index in [0.29, 0.717) is 0 Å². The lowest BCUT2D eigenvalue weighted by Crippen LogP contribution is -2.32. The van der Waals surface area contributed by atoms with Crippen LogP contribution in [0, 0.1) is 0 Å². The van der Waals surface area contributed by atoms with Crippen molar-refractivity contribution in [1.29, 1.82) is 0 Å². The Kier molecular flexibility index (Phi) is 2.02. The van der Waals surface area contributed by atoms with Crippen LogP contribution in [0.5, 0.6) is 0 Å². The maximum absolute atomic E-state index is 4.56. The molecule has 0 aliphatic carbocycles. The molecule has 0 aromatic heterocycles. The predicted octanol–water partition coefficient (Wildman–Crippen LogP) is 0.524. The first-order valence-corrected chi connectivity index (χ1v) is 5.68. The van der Waals surface area contributed by atoms with E-state index >= 15 is 0 Å². The third-order valence-electron chi connectivity index (χ3n) is 2.60. The number of benzene rings is 1. The lowest BCUT2D eigenvalue weighted by Gasteiger charge is -2.14. The standard InChI is InChI=1S/C11H10BrN3/c12-8-1-2-9-10(7-8)13-3-5-15-6-4-14-11(9)15/h1-2,4,6-7,14H,3,5H2. The molecule has 1 aromatic carbocycles. The van der Waals surface area contributed by atoms with Crippen LogP contribution in [0.15, 0.2) is 40.1 Å². The van der Waals surface area contributed by atoms with E-state index in [2.05, 4.69) is 49.5 Å². The molecule has 0 spiro atoms. The maximum Gasteiger partial charge on any atom is 0.119 e. The van der Waals surface area contributed by atoms with Crippen LogP contribution in [0.3, 0.4) is 0 Å². The Morgan fingerprint density at radius 2 is 2.33 bits per heavy atom. The van der Waals surface area contributed by atoms with E-state index < -0.39 is 0 Å². The number of rotatable bonds is 0. The minimum Gasteiger partial charge on any atom is -0.346 e. The van der Waals surface area contributed by atoms with Crippen molar-refractivity contribution < 1.29 is 0 Å². The molecular formula is C11H10BrN3. The molecule has 0 saturated heterocycles. The summed E-state index contributed by atoms with van der Waals surface area (Å²) in [5.41, 5.74) is 0. The van der Waals surface area contributed by atoms with Crippen LogP contribution < -0.4 is 15.9 Å². The number of nitrogens with one attached hydrogen (secondary N) is 1. The Morgan fingerprint density at radius 3 is 3.27 bits per heavy atom. The van der Waals surface area contributed by atoms with Crippen LogP contribution >= 0.6 is 15.9 Å². The first-order valence-electron chi connectivity index (χ1n) is 4.89. The number of nitrogens with zero attached hydrogens (tertiary/aromatic N) is 2. The predicted molar refractivity (Wildman–Crippen MR) is 62.2 cm³/mol. The van der Waals surface area contributed by atoms with Gasteiger partial charge in [0.25, 0.3) is 0 Å². The van der Waals surface area contributed by atoms with Crippen molar-refractivity contribution in [2.24, 2.45) is 4.99 Å². The summed E-state index contributed by atoms with van der Waals surface area (Å²) in [5.74, 6) is 1.14. The average molecular weight is 264 g/mol. The third kappa shape index (κ3) is 1.45. The molecule has 2 heterocycles. The lowest BCUT2D eigenvalue weighted by atomic mass is 10.3. The Morgan fingerprint density at radius 1 is 1.40 bits per heavy atom. The van der Waals surface area contributed by atoms with Gasteiger partial charge in [-0.3, -0.25) is 4.99 Å². The number of hydrogen-bond donors (Lipinski definition) is 1. The van der Waals surface area contributed by atoms with Gasteiger partial charge in [-0.25, -0.2) is 0 Å². The van der Waals surface area contributed by atoms with E-state index in [-0.39, 0.29) is 0 Å². The summed E-state index contributed by atoms with van der Waals surface area (Å²) in [7, 11) is 0. The topological polar surface area (TPSA) is 27.6 Å². The molecule has 15 heavy (non-hydrogen) atoms. The van der Waals surface area contributed by atoms with Crippen LogP contribution in [-0.2, 0) is 0 Å². The van der Waals surface area contributed by atoms with Gasteiger partial charge in [-0.1, -0.05) is 15.9 Å². The van der Waals surface area contributed by atoms with Crippen molar-refractivity contribution in [1.82, 2.24) is 10.2 Å². The quantitative estimate of drug-likeness (QED) is 0.740. The highest BCUT2D eigenvalue weighted by Crippen LogP contribution is 2.09. The van der Waals surface area contributed by atoms with Gasteiger partial charge in [-0.05, 0) is 18.2 Å².